The Morgan fingerprint density at radius 3 is 2.78 bits per heavy atom. The summed E-state index contributed by atoms with van der Waals surface area (Å²) in [5.74, 6) is 1.29. The van der Waals surface area contributed by atoms with Crippen LogP contribution in [0.4, 0.5) is 0 Å². The normalized spacial score (nSPS) is 10.4. The average Bonchev–Trinajstić information content (AvgIpc) is 2.84. The molecular formula is C13H15N3OS. The minimum Gasteiger partial charge on any atom is -0.370 e. The van der Waals surface area contributed by atoms with Gasteiger partial charge in [-0.05, 0) is 18.2 Å². The van der Waals surface area contributed by atoms with Gasteiger partial charge in [0.15, 0.2) is 0 Å². The summed E-state index contributed by atoms with van der Waals surface area (Å²) in [5.41, 5.74) is 7.13. The molecule has 4 nitrogen and oxygen atoms in total. The molecule has 0 aliphatic rings. The molecule has 1 heterocycles. The number of carbonyl (C=O) groups is 1. The number of benzene rings is 1. The summed E-state index contributed by atoms with van der Waals surface area (Å²) in [6.07, 6.45) is 2.36. The molecule has 0 radical (unpaired) electrons. The van der Waals surface area contributed by atoms with Crippen LogP contribution in [0.15, 0.2) is 42.6 Å². The van der Waals surface area contributed by atoms with Crippen molar-refractivity contribution in [2.24, 2.45) is 5.73 Å². The SMILES string of the molecule is NC(=O)CCSCc1ccn(-c2ccccc2)n1. The van der Waals surface area contributed by atoms with E-state index in [1.54, 1.807) is 11.8 Å². The first-order chi connectivity index (χ1) is 8.75. The van der Waals surface area contributed by atoms with Crippen molar-refractivity contribution in [3.63, 3.8) is 0 Å². The Hall–Kier alpha value is -1.75. The predicted molar refractivity (Wildman–Crippen MR) is 73.5 cm³/mol. The molecule has 0 saturated carbocycles. The second-order valence-electron chi connectivity index (χ2n) is 3.86. The maximum atomic E-state index is 10.6. The van der Waals surface area contributed by atoms with E-state index >= 15 is 0 Å². The lowest BCUT2D eigenvalue weighted by molar-refractivity contribution is -0.117. The number of primary amides is 1. The van der Waals surface area contributed by atoms with Crippen LogP contribution in [0.25, 0.3) is 5.69 Å². The summed E-state index contributed by atoms with van der Waals surface area (Å²) >= 11 is 1.67. The molecule has 5 heteroatoms. The number of nitrogens with zero attached hydrogens (tertiary/aromatic N) is 2. The molecule has 2 aromatic rings. The Morgan fingerprint density at radius 2 is 2.06 bits per heavy atom. The van der Waals surface area contributed by atoms with Crippen molar-refractivity contribution in [3.05, 3.63) is 48.3 Å². The van der Waals surface area contributed by atoms with E-state index in [4.69, 9.17) is 5.73 Å². The highest BCUT2D eigenvalue weighted by Gasteiger charge is 2.01. The third-order valence-electron chi connectivity index (χ3n) is 2.41. The summed E-state index contributed by atoms with van der Waals surface area (Å²) in [6.45, 7) is 0. The molecule has 2 rings (SSSR count). The maximum absolute atomic E-state index is 10.6. The minimum absolute atomic E-state index is 0.252. The summed E-state index contributed by atoms with van der Waals surface area (Å²) < 4.78 is 1.85. The predicted octanol–water partition coefficient (Wildman–Crippen LogP) is 1.98. The molecule has 18 heavy (non-hydrogen) atoms. The first kappa shape index (κ1) is 12.7. The highest BCUT2D eigenvalue weighted by molar-refractivity contribution is 7.98. The largest absolute Gasteiger partial charge is 0.370 e. The molecular weight excluding hydrogens is 246 g/mol. The molecule has 94 valence electrons. The van der Waals surface area contributed by atoms with Gasteiger partial charge in [0.1, 0.15) is 0 Å². The van der Waals surface area contributed by atoms with Crippen LogP contribution in [-0.4, -0.2) is 21.4 Å². The van der Waals surface area contributed by atoms with Crippen molar-refractivity contribution in [1.29, 1.82) is 0 Å². The highest BCUT2D eigenvalue weighted by Crippen LogP contribution is 2.13. The fraction of sp³-hybridized carbons (Fsp3) is 0.231. The summed E-state index contributed by atoms with van der Waals surface area (Å²) in [7, 11) is 0. The lowest BCUT2D eigenvalue weighted by Gasteiger charge is -2.00. The van der Waals surface area contributed by atoms with Crippen molar-refractivity contribution < 1.29 is 4.79 Å². The van der Waals surface area contributed by atoms with E-state index in [9.17, 15) is 4.79 Å². The van der Waals surface area contributed by atoms with E-state index < -0.39 is 0 Å². The van der Waals surface area contributed by atoms with Crippen LogP contribution >= 0.6 is 11.8 Å². The molecule has 0 spiro atoms. The zero-order valence-electron chi connectivity index (χ0n) is 9.95. The van der Waals surface area contributed by atoms with Gasteiger partial charge in [0.25, 0.3) is 0 Å². The van der Waals surface area contributed by atoms with Crippen LogP contribution < -0.4 is 5.73 Å². The quantitative estimate of drug-likeness (QED) is 0.809. The van der Waals surface area contributed by atoms with Gasteiger partial charge in [0, 0.05) is 24.1 Å². The van der Waals surface area contributed by atoms with Crippen molar-refractivity contribution >= 4 is 17.7 Å². The molecule has 0 saturated heterocycles. The number of hydrogen-bond acceptors (Lipinski definition) is 3. The monoisotopic (exact) mass is 261 g/mol. The van der Waals surface area contributed by atoms with E-state index in [0.717, 1.165) is 22.9 Å². The molecule has 1 aromatic heterocycles. The Labute approximate surface area is 110 Å². The van der Waals surface area contributed by atoms with Gasteiger partial charge in [0.05, 0.1) is 11.4 Å². The lowest BCUT2D eigenvalue weighted by Crippen LogP contribution is -2.10. The van der Waals surface area contributed by atoms with Crippen LogP contribution in [0.5, 0.6) is 0 Å². The zero-order valence-corrected chi connectivity index (χ0v) is 10.8. The van der Waals surface area contributed by atoms with Crippen molar-refractivity contribution in [2.75, 3.05) is 5.75 Å². The molecule has 0 fully saturated rings. The van der Waals surface area contributed by atoms with Gasteiger partial charge in [-0.15, -0.1) is 0 Å². The van der Waals surface area contributed by atoms with Crippen LogP contribution in [0.1, 0.15) is 12.1 Å². The second kappa shape index (κ2) is 6.26. The summed E-state index contributed by atoms with van der Waals surface area (Å²) in [5, 5.41) is 4.48. The molecule has 2 N–H and O–H groups in total. The number of para-hydroxylation sites is 1. The fourth-order valence-corrected chi connectivity index (χ4v) is 2.37. The third-order valence-corrected chi connectivity index (χ3v) is 3.40. The first-order valence-electron chi connectivity index (χ1n) is 5.72. The molecule has 0 aliphatic heterocycles. The molecule has 0 aliphatic carbocycles. The van der Waals surface area contributed by atoms with Crippen LogP contribution in [0.2, 0.25) is 0 Å². The number of amides is 1. The van der Waals surface area contributed by atoms with Crippen molar-refractivity contribution in [1.82, 2.24) is 9.78 Å². The van der Waals surface area contributed by atoms with Gasteiger partial charge in [-0.3, -0.25) is 4.79 Å². The van der Waals surface area contributed by atoms with E-state index in [1.807, 2.05) is 47.3 Å². The number of nitrogens with two attached hydrogens (primary N) is 1. The standard InChI is InChI=1S/C13H15N3OS/c14-13(17)7-9-18-10-11-6-8-16(15-11)12-4-2-1-3-5-12/h1-6,8H,7,9-10H2,(H2,14,17). The Balaban J connectivity index is 1.89. The maximum Gasteiger partial charge on any atom is 0.218 e. The first-order valence-corrected chi connectivity index (χ1v) is 6.87. The number of hydrogen-bond donors (Lipinski definition) is 1. The average molecular weight is 261 g/mol. The van der Waals surface area contributed by atoms with Crippen molar-refractivity contribution in [3.8, 4) is 5.69 Å². The van der Waals surface area contributed by atoms with Gasteiger partial charge in [0.2, 0.25) is 5.91 Å². The Kier molecular flexibility index (Phi) is 4.41. The topological polar surface area (TPSA) is 60.9 Å². The Bertz CT molecular complexity index is 510. The van der Waals surface area contributed by atoms with E-state index in [1.165, 1.54) is 0 Å². The molecule has 0 atom stereocenters. The van der Waals surface area contributed by atoms with E-state index in [0.29, 0.717) is 6.42 Å². The van der Waals surface area contributed by atoms with Crippen LogP contribution in [-0.2, 0) is 10.5 Å². The molecule has 1 aromatic carbocycles. The number of thioether (sulfide) groups is 1. The van der Waals surface area contributed by atoms with Gasteiger partial charge in [-0.1, -0.05) is 18.2 Å². The van der Waals surface area contributed by atoms with Crippen LogP contribution in [0, 0.1) is 0 Å². The summed E-state index contributed by atoms with van der Waals surface area (Å²) in [6, 6.07) is 12.0. The van der Waals surface area contributed by atoms with E-state index in [2.05, 4.69) is 5.10 Å². The number of aromatic nitrogens is 2. The van der Waals surface area contributed by atoms with Crippen LogP contribution in [0.3, 0.4) is 0 Å². The van der Waals surface area contributed by atoms with Gasteiger partial charge < -0.3 is 5.73 Å². The number of carbonyl (C=O) groups excluding carboxylic acids is 1. The van der Waals surface area contributed by atoms with Gasteiger partial charge >= 0.3 is 0 Å². The number of rotatable bonds is 6. The van der Waals surface area contributed by atoms with Crippen molar-refractivity contribution in [2.45, 2.75) is 12.2 Å². The third kappa shape index (κ3) is 3.63. The molecule has 0 unspecified atom stereocenters. The smallest absolute Gasteiger partial charge is 0.218 e. The molecule has 0 bridgehead atoms. The highest BCUT2D eigenvalue weighted by atomic mass is 32.2. The fourth-order valence-electron chi connectivity index (χ4n) is 1.51. The van der Waals surface area contributed by atoms with E-state index in [-0.39, 0.29) is 5.91 Å². The molecule has 1 amide bonds. The Morgan fingerprint density at radius 1 is 1.28 bits per heavy atom. The minimum atomic E-state index is -0.252. The second-order valence-corrected chi connectivity index (χ2v) is 4.96. The lowest BCUT2D eigenvalue weighted by atomic mass is 10.3. The zero-order chi connectivity index (χ0) is 12.8. The summed E-state index contributed by atoms with van der Waals surface area (Å²) in [4.78, 5) is 10.6. The van der Waals surface area contributed by atoms with Gasteiger partial charge in [-0.2, -0.15) is 16.9 Å². The van der Waals surface area contributed by atoms with Gasteiger partial charge in [-0.25, -0.2) is 4.68 Å².